The monoisotopic (exact) mass is 436 g/mol. The zero-order valence-corrected chi connectivity index (χ0v) is 15.5. The molecule has 1 aliphatic rings. The number of ether oxygens (including phenoxy) is 2. The number of aliphatic carboxylic acids is 1. The van der Waals surface area contributed by atoms with E-state index in [9.17, 15) is 36.6 Å². The number of halogens is 5. The first-order valence-electron chi connectivity index (χ1n) is 8.40. The Bertz CT molecular complexity index is 906. The molecule has 0 bridgehead atoms. The fraction of sp³-hybridized carbons (Fsp3) is 0.333. The van der Waals surface area contributed by atoms with Crippen LogP contribution in [0, 0.1) is 23.3 Å². The zero-order valence-electron chi connectivity index (χ0n) is 15.5. The molecule has 1 aliphatic heterocycles. The van der Waals surface area contributed by atoms with E-state index < -0.39 is 76.8 Å². The van der Waals surface area contributed by atoms with Crippen LogP contribution in [0.1, 0.15) is 11.5 Å². The van der Waals surface area contributed by atoms with Crippen molar-refractivity contribution in [3.05, 3.63) is 57.4 Å². The van der Waals surface area contributed by atoms with E-state index in [1.54, 1.807) is 0 Å². The van der Waals surface area contributed by atoms with Gasteiger partial charge in [0.25, 0.3) is 0 Å². The van der Waals surface area contributed by atoms with Crippen molar-refractivity contribution in [3.63, 3.8) is 0 Å². The number of methoxy groups -OCH3 is 1. The smallest absolute Gasteiger partial charge is 0.336 e. The molecule has 1 unspecified atom stereocenters. The lowest BCUT2D eigenvalue weighted by molar-refractivity contribution is -0.136. The lowest BCUT2D eigenvalue weighted by atomic mass is 9.79. The largest absolute Gasteiger partial charge is 0.478 e. The Balaban J connectivity index is 2.88. The number of carbonyl (C=O) groups excluding carboxylic acids is 1. The van der Waals surface area contributed by atoms with Crippen molar-refractivity contribution >= 4 is 11.9 Å². The van der Waals surface area contributed by atoms with Crippen LogP contribution in [0.2, 0.25) is 0 Å². The van der Waals surface area contributed by atoms with E-state index in [4.69, 9.17) is 10.5 Å². The molecule has 0 aliphatic carbocycles. The van der Waals surface area contributed by atoms with Crippen LogP contribution in [-0.2, 0) is 19.1 Å². The van der Waals surface area contributed by atoms with Crippen LogP contribution in [0.3, 0.4) is 0 Å². The number of carboxylic acids is 1. The first-order chi connectivity index (χ1) is 14.2. The Hall–Kier alpha value is -2.99. The summed E-state index contributed by atoms with van der Waals surface area (Å²) in [4.78, 5) is 24.2. The number of carbonyl (C=O) groups is 2. The molecule has 4 N–H and O–H groups in total. The van der Waals surface area contributed by atoms with Gasteiger partial charge in [0.1, 0.15) is 6.67 Å². The van der Waals surface area contributed by atoms with Crippen molar-refractivity contribution in [2.24, 2.45) is 5.73 Å². The van der Waals surface area contributed by atoms with Gasteiger partial charge in [-0.1, -0.05) is 0 Å². The molecule has 0 saturated carbocycles. The van der Waals surface area contributed by atoms with Gasteiger partial charge >= 0.3 is 11.9 Å². The number of esters is 1. The van der Waals surface area contributed by atoms with E-state index in [0.717, 1.165) is 7.11 Å². The second kappa shape index (κ2) is 9.67. The number of allylic oxidation sites excluding steroid dienone is 1. The van der Waals surface area contributed by atoms with Crippen LogP contribution in [0.5, 0.6) is 0 Å². The van der Waals surface area contributed by atoms with Crippen molar-refractivity contribution < 1.29 is 46.1 Å². The molecular weight excluding hydrogens is 419 g/mol. The third kappa shape index (κ3) is 4.28. The highest BCUT2D eigenvalue weighted by Crippen LogP contribution is 2.42. The Kier molecular flexibility index (Phi) is 7.51. The van der Waals surface area contributed by atoms with E-state index in [1.807, 2.05) is 0 Å². The van der Waals surface area contributed by atoms with Gasteiger partial charge < -0.3 is 25.6 Å². The zero-order chi connectivity index (χ0) is 22.6. The SMILES string of the molecule is COC(=O)C1=C(CF)NC(COCCN)=C(C(=O)O)C1c1c(F)c(F)cc(F)c1F. The summed E-state index contributed by atoms with van der Waals surface area (Å²) in [5.74, 6) is -12.9. The van der Waals surface area contributed by atoms with Crippen LogP contribution < -0.4 is 11.1 Å². The summed E-state index contributed by atoms with van der Waals surface area (Å²) < 4.78 is 80.0. The van der Waals surface area contributed by atoms with Gasteiger partial charge in [-0.25, -0.2) is 31.5 Å². The number of hydrogen-bond acceptors (Lipinski definition) is 6. The molecule has 7 nitrogen and oxygen atoms in total. The third-order valence-electron chi connectivity index (χ3n) is 4.24. The Labute approximate surface area is 166 Å². The summed E-state index contributed by atoms with van der Waals surface area (Å²) in [5.41, 5.74) is 1.12. The number of dihydropyridines is 1. The van der Waals surface area contributed by atoms with Crippen LogP contribution >= 0.6 is 0 Å². The summed E-state index contributed by atoms with van der Waals surface area (Å²) >= 11 is 0. The second-order valence-corrected chi connectivity index (χ2v) is 6.00. The lowest BCUT2D eigenvalue weighted by Gasteiger charge is -2.31. The highest BCUT2D eigenvalue weighted by atomic mass is 19.2. The van der Waals surface area contributed by atoms with Crippen molar-refractivity contribution in [2.75, 3.05) is 33.5 Å². The predicted molar refractivity (Wildman–Crippen MR) is 91.7 cm³/mol. The normalized spacial score (nSPS) is 16.6. The maximum absolute atomic E-state index is 14.5. The Morgan fingerprint density at radius 2 is 1.73 bits per heavy atom. The molecule has 12 heteroatoms. The predicted octanol–water partition coefficient (Wildman–Crippen LogP) is 1.64. The van der Waals surface area contributed by atoms with E-state index in [2.05, 4.69) is 10.1 Å². The number of benzene rings is 1. The summed E-state index contributed by atoms with van der Waals surface area (Å²) in [6.45, 7) is -1.97. The molecule has 30 heavy (non-hydrogen) atoms. The Morgan fingerprint density at radius 3 is 2.20 bits per heavy atom. The molecule has 0 amide bonds. The molecule has 1 atom stereocenters. The first kappa shape index (κ1) is 23.3. The van der Waals surface area contributed by atoms with Gasteiger partial charge in [-0.2, -0.15) is 0 Å². The number of nitrogens with two attached hydrogens (primary N) is 1. The molecular formula is C18H17F5N2O5. The molecule has 0 saturated heterocycles. The molecule has 0 fully saturated rings. The lowest BCUT2D eigenvalue weighted by Crippen LogP contribution is -2.36. The van der Waals surface area contributed by atoms with Gasteiger partial charge in [0.15, 0.2) is 23.3 Å². The van der Waals surface area contributed by atoms with Gasteiger partial charge in [-0.05, 0) is 0 Å². The van der Waals surface area contributed by atoms with E-state index in [-0.39, 0.29) is 24.9 Å². The van der Waals surface area contributed by atoms with Crippen LogP contribution in [0.4, 0.5) is 22.0 Å². The maximum Gasteiger partial charge on any atom is 0.336 e. The quantitative estimate of drug-likeness (QED) is 0.246. The van der Waals surface area contributed by atoms with Crippen molar-refractivity contribution in [2.45, 2.75) is 5.92 Å². The molecule has 1 aromatic rings. The number of alkyl halides is 1. The second-order valence-electron chi connectivity index (χ2n) is 6.00. The number of carboxylic acid groups (broad SMARTS) is 1. The number of nitrogens with one attached hydrogen (secondary N) is 1. The summed E-state index contributed by atoms with van der Waals surface area (Å²) in [6.07, 6.45) is 0. The highest BCUT2D eigenvalue weighted by Gasteiger charge is 2.43. The fourth-order valence-electron chi connectivity index (χ4n) is 3.02. The first-order valence-corrected chi connectivity index (χ1v) is 8.40. The van der Waals surface area contributed by atoms with Gasteiger partial charge in [-0.15, -0.1) is 0 Å². The van der Waals surface area contributed by atoms with Crippen LogP contribution in [0.25, 0.3) is 0 Å². The van der Waals surface area contributed by atoms with Gasteiger partial charge in [0, 0.05) is 18.2 Å². The molecule has 164 valence electrons. The minimum absolute atomic E-state index is 0.0384. The molecule has 1 heterocycles. The summed E-state index contributed by atoms with van der Waals surface area (Å²) in [5, 5.41) is 12.0. The third-order valence-corrected chi connectivity index (χ3v) is 4.24. The minimum Gasteiger partial charge on any atom is -0.478 e. The molecule has 0 aromatic heterocycles. The maximum atomic E-state index is 14.5. The van der Waals surface area contributed by atoms with Crippen molar-refractivity contribution in [3.8, 4) is 0 Å². The van der Waals surface area contributed by atoms with E-state index in [0.29, 0.717) is 0 Å². The molecule has 2 rings (SSSR count). The molecule has 0 spiro atoms. The topological polar surface area (TPSA) is 111 Å². The van der Waals surface area contributed by atoms with Gasteiger partial charge in [0.05, 0.1) is 48.8 Å². The Morgan fingerprint density at radius 1 is 1.13 bits per heavy atom. The van der Waals surface area contributed by atoms with Gasteiger partial charge in [0.2, 0.25) is 0 Å². The summed E-state index contributed by atoms with van der Waals surface area (Å²) in [7, 11) is 0.852. The number of hydrogen-bond donors (Lipinski definition) is 3. The van der Waals surface area contributed by atoms with E-state index >= 15 is 0 Å². The fourth-order valence-corrected chi connectivity index (χ4v) is 3.02. The van der Waals surface area contributed by atoms with Gasteiger partial charge in [-0.3, -0.25) is 0 Å². The van der Waals surface area contributed by atoms with Crippen LogP contribution in [-0.4, -0.2) is 50.6 Å². The average Bonchev–Trinajstić information content (AvgIpc) is 2.71. The van der Waals surface area contributed by atoms with Crippen molar-refractivity contribution in [1.82, 2.24) is 5.32 Å². The molecule has 0 radical (unpaired) electrons. The summed E-state index contributed by atoms with van der Waals surface area (Å²) in [6, 6.07) is -0.0811. The van der Waals surface area contributed by atoms with Crippen LogP contribution in [0.15, 0.2) is 28.6 Å². The molecule has 1 aromatic carbocycles. The van der Waals surface area contributed by atoms with E-state index in [1.165, 1.54) is 0 Å². The standard InChI is InChI=1S/C18H17F5N2O5/c1-29-18(28)12-9(5-19)25-10(6-30-3-2-24)11(17(26)27)13(12)14-15(22)7(20)4-8(21)16(14)23/h4,13,25H,2-3,5-6,24H2,1H3,(H,26,27). The minimum atomic E-state index is -2.23. The van der Waals surface area contributed by atoms with Crippen molar-refractivity contribution in [1.29, 1.82) is 0 Å². The average molecular weight is 436 g/mol. The number of rotatable bonds is 8. The highest BCUT2D eigenvalue weighted by molar-refractivity contribution is 5.99.